The second-order valence-corrected chi connectivity index (χ2v) is 5.14. The number of nitrogens with two attached hydrogens (primary N) is 1. The third-order valence-electron chi connectivity index (χ3n) is 3.37. The Morgan fingerprint density at radius 3 is 2.70 bits per heavy atom. The van der Waals surface area contributed by atoms with Gasteiger partial charge >= 0.3 is 0 Å². The van der Waals surface area contributed by atoms with Crippen LogP contribution in [-0.2, 0) is 6.54 Å². The maximum atomic E-state index is 6.04. The molecule has 1 fully saturated rings. The molecule has 0 radical (unpaired) electrons. The maximum absolute atomic E-state index is 6.04. The molecule has 0 unspecified atom stereocenters. The lowest BCUT2D eigenvalue weighted by atomic mass is 10.1. The summed E-state index contributed by atoms with van der Waals surface area (Å²) in [6.07, 6.45) is 5.56. The number of aliphatic imine (C=N–C) groups is 1. The first-order valence-corrected chi connectivity index (χ1v) is 6.84. The van der Waals surface area contributed by atoms with Crippen molar-refractivity contribution >= 4 is 35.8 Å². The van der Waals surface area contributed by atoms with E-state index in [1.807, 2.05) is 37.3 Å². The summed E-state index contributed by atoms with van der Waals surface area (Å²) >= 11 is 0. The smallest absolute Gasteiger partial charge is 0.191 e. The minimum absolute atomic E-state index is 0. The summed E-state index contributed by atoms with van der Waals surface area (Å²) in [5, 5.41) is 0. The molecule has 1 aromatic heterocycles. The van der Waals surface area contributed by atoms with Crippen molar-refractivity contribution in [3.05, 3.63) is 23.9 Å². The zero-order chi connectivity index (χ0) is 13.7. The van der Waals surface area contributed by atoms with E-state index >= 15 is 0 Å². The number of halogens is 1. The zero-order valence-corrected chi connectivity index (χ0v) is 14.6. The summed E-state index contributed by atoms with van der Waals surface area (Å²) in [6, 6.07) is 4.03. The molecule has 0 spiro atoms. The highest BCUT2D eigenvalue weighted by Crippen LogP contribution is 2.11. The number of pyridine rings is 1. The third kappa shape index (κ3) is 4.81. The lowest BCUT2D eigenvalue weighted by Gasteiger charge is -2.27. The number of nitrogens with zero attached hydrogens (tertiary/aromatic N) is 4. The standard InChI is InChI=1S/C14H23N5.HI/c1-18(2)13-10-12(6-7-16-13)11-17-14(15)19-8-4-3-5-9-19;/h6-7,10H,3-5,8-9,11H2,1-2H3,(H2,15,17);1H. The number of guanidine groups is 1. The fourth-order valence-corrected chi connectivity index (χ4v) is 2.20. The van der Waals surface area contributed by atoms with Crippen LogP contribution in [0.2, 0.25) is 0 Å². The van der Waals surface area contributed by atoms with E-state index in [0.717, 1.165) is 24.5 Å². The lowest BCUT2D eigenvalue weighted by Crippen LogP contribution is -2.40. The summed E-state index contributed by atoms with van der Waals surface area (Å²) in [7, 11) is 3.97. The van der Waals surface area contributed by atoms with Crippen molar-refractivity contribution in [2.45, 2.75) is 25.8 Å². The second-order valence-electron chi connectivity index (χ2n) is 5.14. The molecule has 0 saturated carbocycles. The van der Waals surface area contributed by atoms with Gasteiger partial charge in [0.2, 0.25) is 0 Å². The average molecular weight is 389 g/mol. The first kappa shape index (κ1) is 17.0. The average Bonchev–Trinajstić information content (AvgIpc) is 2.46. The van der Waals surface area contributed by atoms with Gasteiger partial charge in [-0.3, -0.25) is 0 Å². The second kappa shape index (κ2) is 8.28. The van der Waals surface area contributed by atoms with Crippen LogP contribution in [0.3, 0.4) is 0 Å². The van der Waals surface area contributed by atoms with Crippen LogP contribution in [0.25, 0.3) is 0 Å². The fraction of sp³-hybridized carbons (Fsp3) is 0.571. The predicted molar refractivity (Wildman–Crippen MR) is 94.7 cm³/mol. The van der Waals surface area contributed by atoms with Gasteiger partial charge in [-0.05, 0) is 37.0 Å². The minimum atomic E-state index is 0. The molecule has 1 aliphatic rings. The SMILES string of the molecule is CN(C)c1cc(CN=C(N)N2CCCCC2)ccn1.I. The molecule has 0 atom stereocenters. The Balaban J connectivity index is 0.00000200. The predicted octanol–water partition coefficient (Wildman–Crippen LogP) is 2.07. The Bertz CT molecular complexity index is 441. The molecule has 0 bridgehead atoms. The number of aromatic nitrogens is 1. The van der Waals surface area contributed by atoms with Crippen LogP contribution < -0.4 is 10.6 Å². The van der Waals surface area contributed by atoms with Crippen LogP contribution in [-0.4, -0.2) is 43.0 Å². The topological polar surface area (TPSA) is 57.8 Å². The Labute approximate surface area is 138 Å². The van der Waals surface area contributed by atoms with Crippen molar-refractivity contribution in [1.82, 2.24) is 9.88 Å². The Hall–Kier alpha value is -1.05. The number of hydrogen-bond acceptors (Lipinski definition) is 3. The van der Waals surface area contributed by atoms with Gasteiger partial charge < -0.3 is 15.5 Å². The number of anilines is 1. The van der Waals surface area contributed by atoms with Crippen LogP contribution in [0.5, 0.6) is 0 Å². The summed E-state index contributed by atoms with van der Waals surface area (Å²) in [4.78, 5) is 12.9. The van der Waals surface area contributed by atoms with Crippen LogP contribution in [0.15, 0.2) is 23.3 Å². The molecule has 1 saturated heterocycles. The van der Waals surface area contributed by atoms with E-state index in [2.05, 4.69) is 14.9 Å². The molecule has 2 rings (SSSR count). The normalized spacial score (nSPS) is 15.7. The van der Waals surface area contributed by atoms with Crippen molar-refractivity contribution in [1.29, 1.82) is 0 Å². The Morgan fingerprint density at radius 1 is 1.35 bits per heavy atom. The first-order chi connectivity index (χ1) is 9.16. The highest BCUT2D eigenvalue weighted by molar-refractivity contribution is 14.0. The highest BCUT2D eigenvalue weighted by Gasteiger charge is 2.11. The quantitative estimate of drug-likeness (QED) is 0.489. The molecule has 1 aromatic rings. The Morgan fingerprint density at radius 2 is 2.05 bits per heavy atom. The van der Waals surface area contributed by atoms with Gasteiger partial charge in [-0.2, -0.15) is 0 Å². The molecule has 1 aliphatic heterocycles. The van der Waals surface area contributed by atoms with Gasteiger partial charge in [0.1, 0.15) is 5.82 Å². The van der Waals surface area contributed by atoms with E-state index in [9.17, 15) is 0 Å². The molecular weight excluding hydrogens is 365 g/mol. The summed E-state index contributed by atoms with van der Waals surface area (Å²) in [5.41, 5.74) is 7.18. The number of hydrogen-bond donors (Lipinski definition) is 1. The van der Waals surface area contributed by atoms with Crippen LogP contribution in [0.1, 0.15) is 24.8 Å². The van der Waals surface area contributed by atoms with Crippen molar-refractivity contribution < 1.29 is 0 Å². The largest absolute Gasteiger partial charge is 0.370 e. The van der Waals surface area contributed by atoms with Gasteiger partial charge in [-0.1, -0.05) is 0 Å². The molecule has 0 amide bonds. The van der Waals surface area contributed by atoms with Crippen molar-refractivity contribution in [3.63, 3.8) is 0 Å². The van der Waals surface area contributed by atoms with Crippen molar-refractivity contribution in [2.75, 3.05) is 32.1 Å². The Kier molecular flexibility index (Phi) is 7.04. The first-order valence-electron chi connectivity index (χ1n) is 6.84. The highest BCUT2D eigenvalue weighted by atomic mass is 127. The molecule has 112 valence electrons. The molecule has 20 heavy (non-hydrogen) atoms. The van der Waals surface area contributed by atoms with Gasteiger partial charge in [0.15, 0.2) is 5.96 Å². The molecule has 2 heterocycles. The molecular formula is C14H24IN5. The number of piperidine rings is 1. The third-order valence-corrected chi connectivity index (χ3v) is 3.37. The van der Waals surface area contributed by atoms with Crippen LogP contribution in [0, 0.1) is 0 Å². The van der Waals surface area contributed by atoms with Gasteiger partial charge in [-0.15, -0.1) is 24.0 Å². The van der Waals surface area contributed by atoms with Gasteiger partial charge in [0.25, 0.3) is 0 Å². The number of rotatable bonds is 3. The summed E-state index contributed by atoms with van der Waals surface area (Å²) in [6.45, 7) is 2.69. The van der Waals surface area contributed by atoms with Crippen LogP contribution >= 0.6 is 24.0 Å². The van der Waals surface area contributed by atoms with E-state index in [4.69, 9.17) is 5.73 Å². The molecule has 2 N–H and O–H groups in total. The van der Waals surface area contributed by atoms with E-state index < -0.39 is 0 Å². The van der Waals surface area contributed by atoms with Crippen molar-refractivity contribution in [2.24, 2.45) is 10.7 Å². The zero-order valence-electron chi connectivity index (χ0n) is 12.2. The van der Waals surface area contributed by atoms with E-state index in [0.29, 0.717) is 12.5 Å². The molecule has 0 aliphatic carbocycles. The van der Waals surface area contributed by atoms with Crippen molar-refractivity contribution in [3.8, 4) is 0 Å². The summed E-state index contributed by atoms with van der Waals surface area (Å²) < 4.78 is 0. The molecule has 6 heteroatoms. The fourth-order valence-electron chi connectivity index (χ4n) is 2.20. The molecule has 5 nitrogen and oxygen atoms in total. The molecule has 0 aromatic carbocycles. The van der Waals surface area contributed by atoms with Gasteiger partial charge in [0.05, 0.1) is 6.54 Å². The van der Waals surface area contributed by atoms with Crippen LogP contribution in [0.4, 0.5) is 5.82 Å². The van der Waals surface area contributed by atoms with E-state index in [-0.39, 0.29) is 24.0 Å². The van der Waals surface area contributed by atoms with E-state index in [1.165, 1.54) is 19.3 Å². The maximum Gasteiger partial charge on any atom is 0.191 e. The van der Waals surface area contributed by atoms with Gasteiger partial charge in [-0.25, -0.2) is 9.98 Å². The summed E-state index contributed by atoms with van der Waals surface area (Å²) in [5.74, 6) is 1.62. The lowest BCUT2D eigenvalue weighted by molar-refractivity contribution is 0.338. The minimum Gasteiger partial charge on any atom is -0.370 e. The monoisotopic (exact) mass is 389 g/mol. The number of likely N-dealkylation sites (tertiary alicyclic amines) is 1. The van der Waals surface area contributed by atoms with Gasteiger partial charge in [0, 0.05) is 33.4 Å². The van der Waals surface area contributed by atoms with E-state index in [1.54, 1.807) is 0 Å².